The Morgan fingerprint density at radius 1 is 1.32 bits per heavy atom. The summed E-state index contributed by atoms with van der Waals surface area (Å²) in [6, 6.07) is 9.25. The number of fused-ring (bicyclic) bond motifs is 1. The van der Waals surface area contributed by atoms with Gasteiger partial charge in [0.05, 0.1) is 36.9 Å². The number of alkyl halides is 1. The number of rotatable bonds is 4. The van der Waals surface area contributed by atoms with Gasteiger partial charge in [0.2, 0.25) is 0 Å². The maximum atomic E-state index is 14.0. The lowest BCUT2D eigenvalue weighted by atomic mass is 10.1. The number of pyridine rings is 2. The van der Waals surface area contributed by atoms with Crippen molar-refractivity contribution in [1.29, 1.82) is 0 Å². The van der Waals surface area contributed by atoms with E-state index in [1.807, 2.05) is 40.9 Å². The molecule has 0 radical (unpaired) electrons. The van der Waals surface area contributed by atoms with E-state index >= 15 is 0 Å². The Morgan fingerprint density at radius 3 is 3.08 bits per heavy atom. The fraction of sp³-hybridized carbons (Fsp3) is 0.333. The van der Waals surface area contributed by atoms with E-state index in [0.717, 1.165) is 35.8 Å². The van der Waals surface area contributed by atoms with E-state index in [1.165, 1.54) is 0 Å². The van der Waals surface area contributed by atoms with Crippen LogP contribution in [0.1, 0.15) is 6.42 Å². The second-order valence-electron chi connectivity index (χ2n) is 6.11. The highest BCUT2D eigenvalue weighted by Crippen LogP contribution is 2.23. The zero-order valence-electron chi connectivity index (χ0n) is 13.9. The van der Waals surface area contributed by atoms with Gasteiger partial charge in [0, 0.05) is 6.54 Å². The fourth-order valence-corrected chi connectivity index (χ4v) is 3.10. The van der Waals surface area contributed by atoms with Crippen molar-refractivity contribution in [3.63, 3.8) is 0 Å². The van der Waals surface area contributed by atoms with E-state index in [0.29, 0.717) is 12.4 Å². The average Bonchev–Trinajstić information content (AvgIpc) is 3.07. The molecule has 1 fully saturated rings. The molecule has 4 rings (SSSR count). The Kier molecular flexibility index (Phi) is 4.23. The van der Waals surface area contributed by atoms with Crippen molar-refractivity contribution in [3.05, 3.63) is 42.7 Å². The number of ether oxygens (including phenoxy) is 1. The summed E-state index contributed by atoms with van der Waals surface area (Å²) in [5.41, 5.74) is 2.45. The van der Waals surface area contributed by atoms with Gasteiger partial charge in [0.15, 0.2) is 0 Å². The number of methoxy groups -OCH3 is 1. The van der Waals surface area contributed by atoms with Crippen molar-refractivity contribution < 1.29 is 9.13 Å². The minimum atomic E-state index is -0.917. The lowest BCUT2D eigenvalue weighted by molar-refractivity contribution is 0.244. The smallest absolute Gasteiger partial charge is 0.137 e. The van der Waals surface area contributed by atoms with E-state index in [4.69, 9.17) is 4.74 Å². The van der Waals surface area contributed by atoms with Crippen LogP contribution in [0.2, 0.25) is 0 Å². The van der Waals surface area contributed by atoms with Crippen molar-refractivity contribution >= 4 is 11.5 Å². The number of hydrogen-bond donors (Lipinski definition) is 2. The molecule has 1 aliphatic heterocycles. The SMILES string of the molecule is COc1ccc2ncc(-c3cccc(N[C@H]4CCNC[C@@H]4F)n3)n2c1. The highest BCUT2D eigenvalue weighted by Gasteiger charge is 2.24. The second kappa shape index (κ2) is 6.68. The van der Waals surface area contributed by atoms with Crippen LogP contribution in [-0.4, -0.2) is 46.8 Å². The molecule has 3 aromatic rings. The molecule has 0 aliphatic carbocycles. The van der Waals surface area contributed by atoms with Crippen LogP contribution in [0.15, 0.2) is 42.7 Å². The van der Waals surface area contributed by atoms with Crippen LogP contribution in [0, 0.1) is 0 Å². The molecule has 130 valence electrons. The van der Waals surface area contributed by atoms with Gasteiger partial charge in [-0.3, -0.25) is 4.40 Å². The van der Waals surface area contributed by atoms with E-state index in [2.05, 4.69) is 20.6 Å². The fourth-order valence-electron chi connectivity index (χ4n) is 3.10. The first kappa shape index (κ1) is 15.8. The average molecular weight is 341 g/mol. The van der Waals surface area contributed by atoms with Crippen LogP contribution in [-0.2, 0) is 0 Å². The van der Waals surface area contributed by atoms with Crippen molar-refractivity contribution in [3.8, 4) is 17.1 Å². The molecule has 3 aromatic heterocycles. The van der Waals surface area contributed by atoms with Crippen molar-refractivity contribution in [2.24, 2.45) is 0 Å². The molecular formula is C18H20FN5O. The van der Waals surface area contributed by atoms with Gasteiger partial charge in [0.1, 0.15) is 23.4 Å². The lowest BCUT2D eigenvalue weighted by Gasteiger charge is -2.27. The summed E-state index contributed by atoms with van der Waals surface area (Å²) in [5, 5.41) is 6.28. The number of anilines is 1. The molecule has 0 saturated carbocycles. The molecule has 0 spiro atoms. The van der Waals surface area contributed by atoms with Gasteiger partial charge in [-0.2, -0.15) is 0 Å². The summed E-state index contributed by atoms with van der Waals surface area (Å²) >= 11 is 0. The molecule has 1 saturated heterocycles. The highest BCUT2D eigenvalue weighted by molar-refractivity contribution is 5.62. The van der Waals surface area contributed by atoms with Crippen LogP contribution in [0.3, 0.4) is 0 Å². The summed E-state index contributed by atoms with van der Waals surface area (Å²) < 4.78 is 21.2. The van der Waals surface area contributed by atoms with Gasteiger partial charge >= 0.3 is 0 Å². The quantitative estimate of drug-likeness (QED) is 0.763. The summed E-state index contributed by atoms with van der Waals surface area (Å²) in [5.74, 6) is 1.42. The monoisotopic (exact) mass is 341 g/mol. The maximum Gasteiger partial charge on any atom is 0.137 e. The molecule has 2 N–H and O–H groups in total. The topological polar surface area (TPSA) is 63.5 Å². The first-order chi connectivity index (χ1) is 12.2. The molecular weight excluding hydrogens is 321 g/mol. The number of hydrogen-bond acceptors (Lipinski definition) is 5. The third-order valence-electron chi connectivity index (χ3n) is 4.47. The van der Waals surface area contributed by atoms with E-state index in [-0.39, 0.29) is 6.04 Å². The summed E-state index contributed by atoms with van der Waals surface area (Å²) in [6.45, 7) is 1.19. The predicted octanol–water partition coefficient (Wildman–Crippen LogP) is 2.52. The number of piperidine rings is 1. The van der Waals surface area contributed by atoms with Crippen molar-refractivity contribution in [2.75, 3.05) is 25.5 Å². The molecule has 6 nitrogen and oxygen atoms in total. The number of nitrogens with one attached hydrogen (secondary N) is 2. The largest absolute Gasteiger partial charge is 0.495 e. The summed E-state index contributed by atoms with van der Waals surface area (Å²) in [7, 11) is 1.63. The highest BCUT2D eigenvalue weighted by atomic mass is 19.1. The number of nitrogens with zero attached hydrogens (tertiary/aromatic N) is 3. The summed E-state index contributed by atoms with van der Waals surface area (Å²) in [6.07, 6.45) is 3.48. The van der Waals surface area contributed by atoms with Crippen LogP contribution in [0.5, 0.6) is 5.75 Å². The Hall–Kier alpha value is -2.67. The number of aromatic nitrogens is 3. The van der Waals surface area contributed by atoms with Crippen LogP contribution in [0.25, 0.3) is 17.0 Å². The Labute approximate surface area is 145 Å². The van der Waals surface area contributed by atoms with Gasteiger partial charge < -0.3 is 15.4 Å². The minimum Gasteiger partial charge on any atom is -0.495 e. The Balaban J connectivity index is 1.65. The van der Waals surface area contributed by atoms with Gasteiger partial charge in [-0.05, 0) is 37.2 Å². The van der Waals surface area contributed by atoms with Gasteiger partial charge in [0.25, 0.3) is 0 Å². The van der Waals surface area contributed by atoms with E-state index in [1.54, 1.807) is 13.3 Å². The third kappa shape index (κ3) is 3.15. The molecule has 1 aliphatic rings. The molecule has 0 unspecified atom stereocenters. The van der Waals surface area contributed by atoms with E-state index < -0.39 is 6.17 Å². The van der Waals surface area contributed by atoms with Crippen LogP contribution in [0.4, 0.5) is 10.2 Å². The number of imidazole rings is 1. The zero-order chi connectivity index (χ0) is 17.2. The maximum absolute atomic E-state index is 14.0. The first-order valence-electron chi connectivity index (χ1n) is 8.34. The third-order valence-corrected chi connectivity index (χ3v) is 4.47. The summed E-state index contributed by atoms with van der Waals surface area (Å²) in [4.78, 5) is 9.06. The predicted molar refractivity (Wildman–Crippen MR) is 94.8 cm³/mol. The van der Waals surface area contributed by atoms with Crippen LogP contribution < -0.4 is 15.4 Å². The lowest BCUT2D eigenvalue weighted by Crippen LogP contribution is -2.45. The molecule has 0 bridgehead atoms. The van der Waals surface area contributed by atoms with Crippen molar-refractivity contribution in [1.82, 2.24) is 19.7 Å². The van der Waals surface area contributed by atoms with Gasteiger partial charge in [-0.25, -0.2) is 14.4 Å². The molecule has 7 heteroatoms. The van der Waals surface area contributed by atoms with E-state index in [9.17, 15) is 4.39 Å². The van der Waals surface area contributed by atoms with Gasteiger partial charge in [-0.1, -0.05) is 6.07 Å². The molecule has 0 aromatic carbocycles. The second-order valence-corrected chi connectivity index (χ2v) is 6.11. The van der Waals surface area contributed by atoms with Crippen molar-refractivity contribution in [2.45, 2.75) is 18.6 Å². The zero-order valence-corrected chi connectivity index (χ0v) is 13.9. The first-order valence-corrected chi connectivity index (χ1v) is 8.34. The molecule has 25 heavy (non-hydrogen) atoms. The standard InChI is InChI=1S/C18H20FN5O/c1-25-12-5-6-18-21-10-16(24(18)11-12)15-3-2-4-17(23-15)22-14-7-8-20-9-13(14)19/h2-6,10-11,13-14,20H,7-9H2,1H3,(H,22,23)/t13-,14-/m0/s1. The Bertz CT molecular complexity index is 881. The normalized spacial score (nSPS) is 20.6. The Morgan fingerprint density at radius 2 is 2.24 bits per heavy atom. The number of halogens is 1. The minimum absolute atomic E-state index is 0.216. The van der Waals surface area contributed by atoms with Crippen LogP contribution >= 0.6 is 0 Å². The molecule has 2 atom stereocenters. The molecule has 0 amide bonds. The van der Waals surface area contributed by atoms with Gasteiger partial charge in [-0.15, -0.1) is 0 Å². The molecule has 4 heterocycles.